The maximum absolute atomic E-state index is 14.1. The van der Waals surface area contributed by atoms with Gasteiger partial charge in [-0.2, -0.15) is 0 Å². The standard InChI is InChI=1S/C31H30FN7OS/c32-19-13-20-17-40-26-23(7-10-34-30(26)38(20)16-19)41-24-5-6-25-36-28(22-15-35-29(24)39(22)25)37-11-8-31(9-12-37)14-18-3-1-2-4-21(18)27(31)33/h1-7,10,15,19-20,27H,8-9,11-14,16-17,33H2/t19-,20+,27?/m1/s1. The normalized spacial score (nSPS) is 24.7. The van der Waals surface area contributed by atoms with Crippen molar-refractivity contribution in [2.24, 2.45) is 11.1 Å². The van der Waals surface area contributed by atoms with Gasteiger partial charge in [0.05, 0.1) is 28.6 Å². The molecule has 1 aromatic carbocycles. The van der Waals surface area contributed by atoms with E-state index in [0.29, 0.717) is 19.6 Å². The van der Waals surface area contributed by atoms with Crippen LogP contribution in [0.3, 0.4) is 0 Å². The van der Waals surface area contributed by atoms with Crippen LogP contribution >= 0.6 is 11.8 Å². The van der Waals surface area contributed by atoms with E-state index in [1.165, 1.54) is 11.1 Å². The molecule has 1 spiro atoms. The molecule has 1 aliphatic carbocycles. The van der Waals surface area contributed by atoms with Crippen molar-refractivity contribution in [3.8, 4) is 5.75 Å². The Morgan fingerprint density at radius 1 is 1.02 bits per heavy atom. The Morgan fingerprint density at radius 2 is 1.90 bits per heavy atom. The molecule has 41 heavy (non-hydrogen) atoms. The highest BCUT2D eigenvalue weighted by Crippen LogP contribution is 2.51. The molecule has 2 saturated heterocycles. The Labute approximate surface area is 241 Å². The van der Waals surface area contributed by atoms with Crippen LogP contribution in [-0.4, -0.2) is 57.8 Å². The first kappa shape index (κ1) is 24.0. The summed E-state index contributed by atoms with van der Waals surface area (Å²) in [5.74, 6) is 2.48. The van der Waals surface area contributed by atoms with E-state index in [-0.39, 0.29) is 17.5 Å². The van der Waals surface area contributed by atoms with Gasteiger partial charge in [-0.1, -0.05) is 36.0 Å². The number of anilines is 2. The van der Waals surface area contributed by atoms with Crippen molar-refractivity contribution in [1.82, 2.24) is 19.4 Å². The molecule has 2 fully saturated rings. The lowest BCUT2D eigenvalue weighted by atomic mass is 9.73. The highest BCUT2D eigenvalue weighted by Gasteiger charge is 2.46. The average molecular weight is 568 g/mol. The fourth-order valence-corrected chi connectivity index (χ4v) is 8.65. The molecule has 3 atom stereocenters. The largest absolute Gasteiger partial charge is 0.486 e. The maximum Gasteiger partial charge on any atom is 0.175 e. The van der Waals surface area contributed by atoms with Crippen LogP contribution in [0.25, 0.3) is 16.8 Å². The summed E-state index contributed by atoms with van der Waals surface area (Å²) in [5, 5.41) is 0. The number of imidazole rings is 2. The maximum atomic E-state index is 14.1. The third-order valence-electron chi connectivity index (χ3n) is 9.82. The molecule has 8 nitrogen and oxygen atoms in total. The molecule has 0 saturated carbocycles. The van der Waals surface area contributed by atoms with Gasteiger partial charge in [0.1, 0.15) is 23.9 Å². The fraction of sp³-hybridized carbons (Fsp3) is 0.387. The summed E-state index contributed by atoms with van der Waals surface area (Å²) in [6, 6.07) is 15.0. The van der Waals surface area contributed by atoms with Gasteiger partial charge in [-0.05, 0) is 54.0 Å². The van der Waals surface area contributed by atoms with Crippen molar-refractivity contribution in [3.05, 3.63) is 66.0 Å². The van der Waals surface area contributed by atoms with Crippen molar-refractivity contribution in [2.75, 3.05) is 36.0 Å². The predicted octanol–water partition coefficient (Wildman–Crippen LogP) is 5.02. The number of piperidine rings is 1. The molecule has 208 valence electrons. The molecule has 0 radical (unpaired) electrons. The summed E-state index contributed by atoms with van der Waals surface area (Å²) < 4.78 is 22.5. The number of aromatic nitrogens is 4. The lowest BCUT2D eigenvalue weighted by Crippen LogP contribution is -2.44. The molecular formula is C31H30FN7OS. The zero-order valence-corrected chi connectivity index (χ0v) is 23.4. The van der Waals surface area contributed by atoms with E-state index in [1.54, 1.807) is 18.0 Å². The van der Waals surface area contributed by atoms with Crippen molar-refractivity contribution in [3.63, 3.8) is 0 Å². The molecule has 4 aliphatic rings. The SMILES string of the molecule is NC1c2ccccc2CC12CCN(c1nc3ccc(Sc4ccnc5c4OC[C@@H]4C[C@@H](F)CN54)c4ncc1n34)CC2. The Bertz CT molecular complexity index is 1800. The number of halogens is 1. The van der Waals surface area contributed by atoms with Gasteiger partial charge in [0.25, 0.3) is 0 Å². The molecule has 1 unspecified atom stereocenters. The molecule has 0 bridgehead atoms. The third kappa shape index (κ3) is 3.46. The fourth-order valence-electron chi connectivity index (χ4n) is 7.66. The molecule has 5 aromatic rings. The third-order valence-corrected chi connectivity index (χ3v) is 10.9. The molecule has 9 rings (SSSR count). The van der Waals surface area contributed by atoms with Crippen LogP contribution < -0.4 is 20.3 Å². The number of hydrogen-bond acceptors (Lipinski definition) is 8. The summed E-state index contributed by atoms with van der Waals surface area (Å²) >= 11 is 1.61. The topological polar surface area (TPSA) is 84.8 Å². The molecule has 3 aliphatic heterocycles. The minimum Gasteiger partial charge on any atom is -0.486 e. The minimum absolute atomic E-state index is 0.0557. The number of nitrogens with zero attached hydrogens (tertiary/aromatic N) is 6. The lowest BCUT2D eigenvalue weighted by Gasteiger charge is -2.42. The number of ether oxygens (including phenoxy) is 1. The highest BCUT2D eigenvalue weighted by molar-refractivity contribution is 7.99. The predicted molar refractivity (Wildman–Crippen MR) is 157 cm³/mol. The summed E-state index contributed by atoms with van der Waals surface area (Å²) in [7, 11) is 0. The van der Waals surface area contributed by atoms with Crippen LogP contribution in [0.4, 0.5) is 16.0 Å². The van der Waals surface area contributed by atoms with Crippen LogP contribution in [0.2, 0.25) is 0 Å². The zero-order valence-electron chi connectivity index (χ0n) is 22.5. The van der Waals surface area contributed by atoms with Crippen LogP contribution in [0.1, 0.15) is 36.4 Å². The molecule has 10 heteroatoms. The highest BCUT2D eigenvalue weighted by atomic mass is 32.2. The second-order valence-corrected chi connectivity index (χ2v) is 13.1. The summed E-state index contributed by atoms with van der Waals surface area (Å²) in [6.07, 6.45) is 6.57. The first-order valence-electron chi connectivity index (χ1n) is 14.5. The Hall–Kier alpha value is -3.63. The Morgan fingerprint density at radius 3 is 2.78 bits per heavy atom. The van der Waals surface area contributed by atoms with Gasteiger partial charge < -0.3 is 20.3 Å². The van der Waals surface area contributed by atoms with Crippen molar-refractivity contribution >= 4 is 40.2 Å². The molecule has 2 N–H and O–H groups in total. The first-order valence-corrected chi connectivity index (χ1v) is 15.3. The zero-order chi connectivity index (χ0) is 27.3. The lowest BCUT2D eigenvalue weighted by molar-refractivity contribution is 0.187. The Balaban J connectivity index is 1.00. The summed E-state index contributed by atoms with van der Waals surface area (Å²) in [5.41, 5.74) is 12.5. The number of benzene rings is 1. The summed E-state index contributed by atoms with van der Waals surface area (Å²) in [6.45, 7) is 2.73. The van der Waals surface area contributed by atoms with E-state index in [4.69, 9.17) is 20.4 Å². The quantitative estimate of drug-likeness (QED) is 0.326. The van der Waals surface area contributed by atoms with Crippen LogP contribution in [0.5, 0.6) is 5.75 Å². The van der Waals surface area contributed by atoms with Gasteiger partial charge >= 0.3 is 0 Å². The van der Waals surface area contributed by atoms with Crippen LogP contribution in [-0.2, 0) is 6.42 Å². The van der Waals surface area contributed by atoms with E-state index < -0.39 is 6.17 Å². The van der Waals surface area contributed by atoms with Crippen molar-refractivity contribution in [1.29, 1.82) is 0 Å². The molecule has 4 aromatic heterocycles. The monoisotopic (exact) mass is 567 g/mol. The first-order chi connectivity index (χ1) is 20.1. The van der Waals surface area contributed by atoms with Crippen LogP contribution in [0, 0.1) is 5.41 Å². The number of hydrogen-bond donors (Lipinski definition) is 1. The number of alkyl halides is 1. The van der Waals surface area contributed by atoms with Gasteiger partial charge in [-0.3, -0.25) is 4.40 Å². The van der Waals surface area contributed by atoms with Gasteiger partial charge in [0.2, 0.25) is 0 Å². The van der Waals surface area contributed by atoms with Gasteiger partial charge in [-0.15, -0.1) is 0 Å². The van der Waals surface area contributed by atoms with E-state index in [9.17, 15) is 4.39 Å². The van der Waals surface area contributed by atoms with Crippen molar-refractivity contribution < 1.29 is 9.13 Å². The van der Waals surface area contributed by atoms with E-state index in [1.807, 2.05) is 12.3 Å². The smallest absolute Gasteiger partial charge is 0.175 e. The van der Waals surface area contributed by atoms with E-state index in [2.05, 4.69) is 55.6 Å². The summed E-state index contributed by atoms with van der Waals surface area (Å²) in [4.78, 5) is 20.9. The van der Waals surface area contributed by atoms with Gasteiger partial charge in [0.15, 0.2) is 23.0 Å². The second kappa shape index (κ2) is 8.69. The Kier molecular flexibility index (Phi) is 5.09. The van der Waals surface area contributed by atoms with Gasteiger partial charge in [-0.25, -0.2) is 19.3 Å². The van der Waals surface area contributed by atoms with E-state index >= 15 is 0 Å². The van der Waals surface area contributed by atoms with E-state index in [0.717, 1.165) is 76.3 Å². The second-order valence-electron chi connectivity index (χ2n) is 12.0. The molecule has 7 heterocycles. The number of pyridine rings is 2. The minimum atomic E-state index is -0.837. The number of rotatable bonds is 3. The molecule has 0 amide bonds. The number of nitrogens with two attached hydrogens (primary N) is 1. The molecular weight excluding hydrogens is 537 g/mol. The van der Waals surface area contributed by atoms with Crippen LogP contribution in [0.15, 0.2) is 64.6 Å². The average Bonchev–Trinajstić information content (AvgIpc) is 3.75. The van der Waals surface area contributed by atoms with Gasteiger partial charge in [0, 0.05) is 31.7 Å². The van der Waals surface area contributed by atoms with Crippen molar-refractivity contribution in [2.45, 2.75) is 53.7 Å². The number of fused-ring (bicyclic) bond motifs is 4.